The Morgan fingerprint density at radius 1 is 1.29 bits per heavy atom. The second kappa shape index (κ2) is 8.76. The maximum atomic E-state index is 13.6. The van der Waals surface area contributed by atoms with E-state index in [1.165, 1.54) is 23.1 Å². The Morgan fingerprint density at radius 2 is 2.06 bits per heavy atom. The van der Waals surface area contributed by atoms with Gasteiger partial charge >= 0.3 is 0 Å². The third kappa shape index (κ3) is 4.29. The number of hydrogen-bond acceptors (Lipinski definition) is 6. The lowest BCUT2D eigenvalue weighted by Gasteiger charge is -2.31. The second-order valence-corrected chi connectivity index (χ2v) is 10.2. The van der Waals surface area contributed by atoms with E-state index in [9.17, 15) is 9.59 Å². The Kier molecular flexibility index (Phi) is 6.23. The van der Waals surface area contributed by atoms with Gasteiger partial charge in [-0.3, -0.25) is 14.2 Å². The number of benzene rings is 1. The van der Waals surface area contributed by atoms with Crippen LogP contribution in [0.2, 0.25) is 0 Å². The largest absolute Gasteiger partial charge is 0.375 e. The number of carbonyl (C=O) groups is 1. The molecule has 0 saturated carbocycles. The van der Waals surface area contributed by atoms with Gasteiger partial charge in [0.15, 0.2) is 5.16 Å². The number of amides is 1. The molecule has 0 bridgehead atoms. The Hall–Kier alpha value is -2.16. The zero-order chi connectivity index (χ0) is 22.3. The van der Waals surface area contributed by atoms with E-state index >= 15 is 0 Å². The SMILES string of the molecule is Cc1ccc(-n2c(SCC(=O)N3CCOC(C)C3)nc3sc(C)c(C)c3c2=O)c(C)c1. The van der Waals surface area contributed by atoms with Crippen LogP contribution in [0.1, 0.15) is 28.5 Å². The number of carbonyl (C=O) groups excluding carboxylic acids is 1. The third-order valence-corrected chi connectivity index (χ3v) is 7.71. The molecule has 0 N–H and O–H groups in total. The summed E-state index contributed by atoms with van der Waals surface area (Å²) in [4.78, 5) is 34.9. The molecule has 1 fully saturated rings. The number of ether oxygens (including phenoxy) is 1. The van der Waals surface area contributed by atoms with Gasteiger partial charge in [0.25, 0.3) is 5.56 Å². The van der Waals surface area contributed by atoms with Crippen molar-refractivity contribution in [3.8, 4) is 5.69 Å². The van der Waals surface area contributed by atoms with Crippen LogP contribution in [0.25, 0.3) is 15.9 Å². The number of morpholine rings is 1. The summed E-state index contributed by atoms with van der Waals surface area (Å²) in [5, 5.41) is 1.22. The Labute approximate surface area is 190 Å². The predicted octanol–water partition coefficient (Wildman–Crippen LogP) is 4.02. The number of nitrogens with zero attached hydrogens (tertiary/aromatic N) is 3. The van der Waals surface area contributed by atoms with E-state index in [0.717, 1.165) is 32.1 Å². The highest BCUT2D eigenvalue weighted by Crippen LogP contribution is 2.30. The number of thioether (sulfide) groups is 1. The van der Waals surface area contributed by atoms with Crippen LogP contribution < -0.4 is 5.56 Å². The topological polar surface area (TPSA) is 64.4 Å². The second-order valence-electron chi connectivity index (χ2n) is 8.10. The van der Waals surface area contributed by atoms with Crippen LogP contribution in [0.5, 0.6) is 0 Å². The molecule has 1 aliphatic rings. The van der Waals surface area contributed by atoms with Gasteiger partial charge < -0.3 is 9.64 Å². The van der Waals surface area contributed by atoms with Crippen molar-refractivity contribution in [1.29, 1.82) is 0 Å². The normalized spacial score (nSPS) is 16.8. The lowest BCUT2D eigenvalue weighted by Crippen LogP contribution is -2.45. The molecule has 8 heteroatoms. The Balaban J connectivity index is 1.76. The molecule has 1 aromatic carbocycles. The first-order valence-corrected chi connectivity index (χ1v) is 12.2. The van der Waals surface area contributed by atoms with Crippen molar-refractivity contribution in [3.63, 3.8) is 0 Å². The van der Waals surface area contributed by atoms with Gasteiger partial charge in [0, 0.05) is 18.0 Å². The molecule has 31 heavy (non-hydrogen) atoms. The fraction of sp³-hybridized carbons (Fsp3) is 0.435. The first kappa shape index (κ1) is 22.0. The molecule has 1 unspecified atom stereocenters. The van der Waals surface area contributed by atoms with Crippen LogP contribution in [0.4, 0.5) is 0 Å². The fourth-order valence-electron chi connectivity index (χ4n) is 3.90. The lowest BCUT2D eigenvalue weighted by atomic mass is 10.1. The van der Waals surface area contributed by atoms with Crippen LogP contribution in [-0.4, -0.2) is 51.9 Å². The summed E-state index contributed by atoms with van der Waals surface area (Å²) in [5.41, 5.74) is 3.85. The fourth-order valence-corrected chi connectivity index (χ4v) is 5.88. The molecule has 6 nitrogen and oxygen atoms in total. The molecule has 0 radical (unpaired) electrons. The van der Waals surface area contributed by atoms with Crippen molar-refractivity contribution < 1.29 is 9.53 Å². The maximum Gasteiger partial charge on any atom is 0.267 e. The Bertz CT molecular complexity index is 1210. The molecule has 4 rings (SSSR count). The van der Waals surface area contributed by atoms with Crippen molar-refractivity contribution >= 4 is 39.2 Å². The first-order valence-electron chi connectivity index (χ1n) is 10.4. The Morgan fingerprint density at radius 3 is 2.77 bits per heavy atom. The van der Waals surface area contributed by atoms with Crippen LogP contribution in [-0.2, 0) is 9.53 Å². The van der Waals surface area contributed by atoms with Crippen molar-refractivity contribution in [2.24, 2.45) is 0 Å². The van der Waals surface area contributed by atoms with E-state index in [0.29, 0.717) is 30.2 Å². The van der Waals surface area contributed by atoms with Gasteiger partial charge in [-0.05, 0) is 51.8 Å². The number of hydrogen-bond donors (Lipinski definition) is 0. The molecule has 1 saturated heterocycles. The van der Waals surface area contributed by atoms with E-state index in [4.69, 9.17) is 9.72 Å². The van der Waals surface area contributed by atoms with Gasteiger partial charge in [-0.25, -0.2) is 4.98 Å². The van der Waals surface area contributed by atoms with Gasteiger partial charge in [0.1, 0.15) is 4.83 Å². The number of thiophene rings is 1. The monoisotopic (exact) mass is 457 g/mol. The van der Waals surface area contributed by atoms with Crippen molar-refractivity contribution in [2.75, 3.05) is 25.4 Å². The van der Waals surface area contributed by atoms with Crippen LogP contribution in [0.15, 0.2) is 28.2 Å². The average Bonchev–Trinajstić information content (AvgIpc) is 3.01. The maximum absolute atomic E-state index is 13.6. The molecular weight excluding hydrogens is 430 g/mol. The molecule has 1 atom stereocenters. The zero-order valence-corrected chi connectivity index (χ0v) is 20.2. The number of aromatic nitrogens is 2. The minimum atomic E-state index is -0.0752. The summed E-state index contributed by atoms with van der Waals surface area (Å²) in [5.74, 6) is 0.277. The van der Waals surface area contributed by atoms with E-state index in [-0.39, 0.29) is 23.3 Å². The van der Waals surface area contributed by atoms with Crippen LogP contribution >= 0.6 is 23.1 Å². The van der Waals surface area contributed by atoms with Gasteiger partial charge in [-0.2, -0.15) is 0 Å². The lowest BCUT2D eigenvalue weighted by molar-refractivity contribution is -0.135. The minimum absolute atomic E-state index is 0.0419. The smallest absolute Gasteiger partial charge is 0.267 e. The van der Waals surface area contributed by atoms with Gasteiger partial charge in [0.05, 0.1) is 29.5 Å². The standard InChI is InChI=1S/C23H27N3O3S2/c1-13-6-7-18(14(2)10-13)26-22(28)20-16(4)17(5)31-21(20)24-23(26)30-12-19(27)25-8-9-29-15(3)11-25/h6-7,10,15H,8-9,11-12H2,1-5H3. The summed E-state index contributed by atoms with van der Waals surface area (Å²) in [7, 11) is 0. The van der Waals surface area contributed by atoms with Crippen molar-refractivity contribution in [2.45, 2.75) is 45.9 Å². The number of rotatable bonds is 4. The summed E-state index contributed by atoms with van der Waals surface area (Å²) in [6.07, 6.45) is 0.0441. The molecular formula is C23H27N3O3S2. The highest BCUT2D eigenvalue weighted by Gasteiger charge is 2.24. The van der Waals surface area contributed by atoms with E-state index in [1.807, 2.05) is 51.7 Å². The van der Waals surface area contributed by atoms with Crippen molar-refractivity contribution in [3.05, 3.63) is 50.1 Å². The van der Waals surface area contributed by atoms with Crippen LogP contribution in [0.3, 0.4) is 0 Å². The van der Waals surface area contributed by atoms with Gasteiger partial charge in [-0.15, -0.1) is 11.3 Å². The van der Waals surface area contributed by atoms with E-state index in [1.54, 1.807) is 4.57 Å². The third-order valence-electron chi connectivity index (χ3n) is 5.68. The van der Waals surface area contributed by atoms with E-state index < -0.39 is 0 Å². The average molecular weight is 458 g/mol. The van der Waals surface area contributed by atoms with Crippen LogP contribution in [0, 0.1) is 27.7 Å². The molecule has 0 aliphatic carbocycles. The minimum Gasteiger partial charge on any atom is -0.375 e. The predicted molar refractivity (Wildman–Crippen MR) is 127 cm³/mol. The molecule has 1 amide bonds. The quantitative estimate of drug-likeness (QED) is 0.437. The summed E-state index contributed by atoms with van der Waals surface area (Å²) < 4.78 is 7.22. The molecule has 0 spiro atoms. The van der Waals surface area contributed by atoms with E-state index in [2.05, 4.69) is 6.07 Å². The zero-order valence-electron chi connectivity index (χ0n) is 18.5. The summed E-state index contributed by atoms with van der Waals surface area (Å²) >= 11 is 2.86. The molecule has 1 aliphatic heterocycles. The van der Waals surface area contributed by atoms with Gasteiger partial charge in [-0.1, -0.05) is 29.5 Å². The summed E-state index contributed by atoms with van der Waals surface area (Å²) in [6, 6.07) is 6.02. The van der Waals surface area contributed by atoms with Gasteiger partial charge in [0.2, 0.25) is 5.91 Å². The molecule has 3 heterocycles. The highest BCUT2D eigenvalue weighted by molar-refractivity contribution is 7.99. The number of fused-ring (bicyclic) bond motifs is 1. The molecule has 164 valence electrons. The first-order chi connectivity index (χ1) is 14.8. The molecule has 2 aromatic heterocycles. The summed E-state index contributed by atoms with van der Waals surface area (Å²) in [6.45, 7) is 11.7. The highest BCUT2D eigenvalue weighted by atomic mass is 32.2. The number of aryl methyl sites for hydroxylation is 4. The van der Waals surface area contributed by atoms with Crippen molar-refractivity contribution in [1.82, 2.24) is 14.5 Å². The molecule has 3 aromatic rings.